The summed E-state index contributed by atoms with van der Waals surface area (Å²) in [7, 11) is 0. The van der Waals surface area contributed by atoms with Crippen molar-refractivity contribution in [2.24, 2.45) is 0 Å². The van der Waals surface area contributed by atoms with E-state index in [2.05, 4.69) is 25.6 Å². The SMILES string of the molecule is C=C(c1cccc(C)c1)C(OCC)OCC. The van der Waals surface area contributed by atoms with Gasteiger partial charge in [0, 0.05) is 18.8 Å². The second-order valence-corrected chi connectivity index (χ2v) is 3.64. The molecule has 0 heterocycles. The van der Waals surface area contributed by atoms with Crippen molar-refractivity contribution in [1.29, 1.82) is 0 Å². The van der Waals surface area contributed by atoms with Gasteiger partial charge in [0.2, 0.25) is 0 Å². The lowest BCUT2D eigenvalue weighted by atomic mass is 10.0. The van der Waals surface area contributed by atoms with Crippen LogP contribution in [0, 0.1) is 6.92 Å². The Balaban J connectivity index is 2.81. The predicted octanol–water partition coefficient (Wildman–Crippen LogP) is 3.41. The van der Waals surface area contributed by atoms with Gasteiger partial charge in [-0.1, -0.05) is 36.4 Å². The first-order chi connectivity index (χ1) is 7.69. The lowest BCUT2D eigenvalue weighted by Gasteiger charge is -2.19. The monoisotopic (exact) mass is 220 g/mol. The Morgan fingerprint density at radius 2 is 1.88 bits per heavy atom. The Morgan fingerprint density at radius 3 is 2.38 bits per heavy atom. The standard InChI is InChI=1S/C14H20O2/c1-5-15-14(16-6-2)12(4)13-9-7-8-11(3)10-13/h7-10,14H,4-6H2,1-3H3. The average molecular weight is 220 g/mol. The van der Waals surface area contributed by atoms with Crippen LogP contribution in [0.25, 0.3) is 5.57 Å². The van der Waals surface area contributed by atoms with Crippen LogP contribution in [0.1, 0.15) is 25.0 Å². The number of hydrogen-bond donors (Lipinski definition) is 0. The van der Waals surface area contributed by atoms with Gasteiger partial charge in [-0.15, -0.1) is 0 Å². The van der Waals surface area contributed by atoms with E-state index in [1.807, 2.05) is 26.0 Å². The molecule has 0 aliphatic heterocycles. The van der Waals surface area contributed by atoms with Crippen LogP contribution in [-0.4, -0.2) is 19.5 Å². The molecule has 0 bridgehead atoms. The highest BCUT2D eigenvalue weighted by Crippen LogP contribution is 2.20. The van der Waals surface area contributed by atoms with Crippen molar-refractivity contribution in [3.63, 3.8) is 0 Å². The van der Waals surface area contributed by atoms with Crippen LogP contribution in [0.2, 0.25) is 0 Å². The number of benzene rings is 1. The molecule has 0 unspecified atom stereocenters. The Hall–Kier alpha value is -1.12. The molecule has 0 aliphatic rings. The third-order valence-electron chi connectivity index (χ3n) is 2.31. The van der Waals surface area contributed by atoms with Crippen molar-refractivity contribution < 1.29 is 9.47 Å². The van der Waals surface area contributed by atoms with Gasteiger partial charge < -0.3 is 9.47 Å². The normalized spacial score (nSPS) is 10.8. The fraction of sp³-hybridized carbons (Fsp3) is 0.429. The summed E-state index contributed by atoms with van der Waals surface area (Å²) < 4.78 is 11.0. The fourth-order valence-corrected chi connectivity index (χ4v) is 1.53. The summed E-state index contributed by atoms with van der Waals surface area (Å²) in [5.41, 5.74) is 3.17. The van der Waals surface area contributed by atoms with Gasteiger partial charge in [0.1, 0.15) is 0 Å². The molecule has 1 rings (SSSR count). The highest BCUT2D eigenvalue weighted by atomic mass is 16.7. The van der Waals surface area contributed by atoms with Gasteiger partial charge >= 0.3 is 0 Å². The summed E-state index contributed by atoms with van der Waals surface area (Å²) in [6, 6.07) is 8.20. The molecule has 0 atom stereocenters. The molecule has 0 fully saturated rings. The minimum Gasteiger partial charge on any atom is -0.349 e. The summed E-state index contributed by atoms with van der Waals surface area (Å²) in [4.78, 5) is 0. The minimum absolute atomic E-state index is 0.336. The largest absolute Gasteiger partial charge is 0.349 e. The molecular formula is C14H20O2. The predicted molar refractivity (Wildman–Crippen MR) is 67.3 cm³/mol. The van der Waals surface area contributed by atoms with E-state index in [4.69, 9.17) is 9.47 Å². The van der Waals surface area contributed by atoms with Crippen LogP contribution < -0.4 is 0 Å². The Labute approximate surface area is 97.9 Å². The van der Waals surface area contributed by atoms with Crippen LogP contribution in [0.3, 0.4) is 0 Å². The van der Waals surface area contributed by atoms with Crippen LogP contribution >= 0.6 is 0 Å². The number of rotatable bonds is 6. The van der Waals surface area contributed by atoms with Gasteiger partial charge in [0.25, 0.3) is 0 Å². The van der Waals surface area contributed by atoms with Gasteiger partial charge in [-0.3, -0.25) is 0 Å². The molecular weight excluding hydrogens is 200 g/mol. The molecule has 0 aromatic heterocycles. The van der Waals surface area contributed by atoms with E-state index in [-0.39, 0.29) is 6.29 Å². The smallest absolute Gasteiger partial charge is 0.183 e. The van der Waals surface area contributed by atoms with Crippen LogP contribution in [0.15, 0.2) is 30.8 Å². The molecule has 0 amide bonds. The van der Waals surface area contributed by atoms with Crippen molar-refractivity contribution in [1.82, 2.24) is 0 Å². The van der Waals surface area contributed by atoms with E-state index < -0.39 is 0 Å². The van der Waals surface area contributed by atoms with Crippen molar-refractivity contribution in [2.45, 2.75) is 27.1 Å². The maximum atomic E-state index is 5.52. The van der Waals surface area contributed by atoms with Crippen LogP contribution in [0.4, 0.5) is 0 Å². The van der Waals surface area contributed by atoms with Gasteiger partial charge in [-0.2, -0.15) is 0 Å². The van der Waals surface area contributed by atoms with E-state index in [0.717, 1.165) is 11.1 Å². The lowest BCUT2D eigenvalue weighted by molar-refractivity contribution is -0.0962. The molecule has 0 radical (unpaired) electrons. The molecule has 88 valence electrons. The molecule has 0 saturated carbocycles. The highest BCUT2D eigenvalue weighted by Gasteiger charge is 2.14. The van der Waals surface area contributed by atoms with Crippen molar-refractivity contribution in [3.05, 3.63) is 42.0 Å². The zero-order valence-corrected chi connectivity index (χ0v) is 10.3. The van der Waals surface area contributed by atoms with Crippen LogP contribution in [-0.2, 0) is 9.47 Å². The van der Waals surface area contributed by atoms with Crippen molar-refractivity contribution in [2.75, 3.05) is 13.2 Å². The first-order valence-corrected chi connectivity index (χ1v) is 5.68. The van der Waals surface area contributed by atoms with E-state index in [1.54, 1.807) is 0 Å². The molecule has 0 spiro atoms. The van der Waals surface area contributed by atoms with Gasteiger partial charge in [-0.05, 0) is 26.3 Å². The summed E-state index contributed by atoms with van der Waals surface area (Å²) >= 11 is 0. The van der Waals surface area contributed by atoms with Crippen molar-refractivity contribution >= 4 is 5.57 Å². The molecule has 16 heavy (non-hydrogen) atoms. The van der Waals surface area contributed by atoms with E-state index in [9.17, 15) is 0 Å². The fourth-order valence-electron chi connectivity index (χ4n) is 1.53. The quantitative estimate of drug-likeness (QED) is 0.684. The van der Waals surface area contributed by atoms with E-state index in [0.29, 0.717) is 13.2 Å². The second kappa shape index (κ2) is 6.46. The highest BCUT2D eigenvalue weighted by molar-refractivity contribution is 5.66. The average Bonchev–Trinajstić information content (AvgIpc) is 2.28. The van der Waals surface area contributed by atoms with Crippen LogP contribution in [0.5, 0.6) is 0 Å². The molecule has 1 aromatic rings. The molecule has 0 aliphatic carbocycles. The molecule has 2 nitrogen and oxygen atoms in total. The molecule has 1 aromatic carbocycles. The van der Waals surface area contributed by atoms with Crippen molar-refractivity contribution in [3.8, 4) is 0 Å². The second-order valence-electron chi connectivity index (χ2n) is 3.64. The first kappa shape index (κ1) is 12.9. The summed E-state index contributed by atoms with van der Waals surface area (Å²) in [6.45, 7) is 11.3. The lowest BCUT2D eigenvalue weighted by Crippen LogP contribution is -2.18. The molecule has 2 heteroatoms. The van der Waals surface area contributed by atoms with E-state index >= 15 is 0 Å². The molecule has 0 N–H and O–H groups in total. The van der Waals surface area contributed by atoms with Gasteiger partial charge in [-0.25, -0.2) is 0 Å². The summed E-state index contributed by atoms with van der Waals surface area (Å²) in [6.07, 6.45) is -0.336. The first-order valence-electron chi connectivity index (χ1n) is 5.68. The topological polar surface area (TPSA) is 18.5 Å². The Bertz CT molecular complexity index is 338. The maximum Gasteiger partial charge on any atom is 0.183 e. The summed E-state index contributed by atoms with van der Waals surface area (Å²) in [5, 5.41) is 0. The Kier molecular flexibility index (Phi) is 5.23. The maximum absolute atomic E-state index is 5.52. The minimum atomic E-state index is -0.336. The number of aryl methyl sites for hydroxylation is 1. The Morgan fingerprint density at radius 1 is 1.25 bits per heavy atom. The zero-order chi connectivity index (χ0) is 12.0. The molecule has 0 saturated heterocycles. The number of hydrogen-bond acceptors (Lipinski definition) is 2. The van der Waals surface area contributed by atoms with Gasteiger partial charge in [0.05, 0.1) is 0 Å². The third kappa shape index (κ3) is 3.47. The summed E-state index contributed by atoms with van der Waals surface area (Å²) in [5.74, 6) is 0. The zero-order valence-electron chi connectivity index (χ0n) is 10.3. The van der Waals surface area contributed by atoms with Gasteiger partial charge in [0.15, 0.2) is 6.29 Å². The van der Waals surface area contributed by atoms with E-state index in [1.165, 1.54) is 5.56 Å². The third-order valence-corrected chi connectivity index (χ3v) is 2.31. The number of ether oxygens (including phenoxy) is 2.